The standard InChI is InChI=1S/C33H45N3O5/c1-11-23-15-13-14-16-26(23)28(29(37)34-24-17-19-25(40-10)20-18-24)36(33(8,9)12-2)30(38)27(21-22(3)4)35-31(39)41-32(5,6)7/h1,13-20,22,27-28H,12,21H2,2-10H3,(H,34,37)(H,35,39). The predicted octanol–water partition coefficient (Wildman–Crippen LogP) is 6.31. The summed E-state index contributed by atoms with van der Waals surface area (Å²) in [6, 6.07) is 12.0. The van der Waals surface area contributed by atoms with E-state index in [-0.39, 0.29) is 5.92 Å². The molecule has 3 amide bonds. The van der Waals surface area contributed by atoms with Crippen molar-refractivity contribution in [1.82, 2.24) is 10.2 Å². The van der Waals surface area contributed by atoms with Crippen LogP contribution in [0.25, 0.3) is 0 Å². The molecule has 0 saturated heterocycles. The molecule has 2 aromatic carbocycles. The van der Waals surface area contributed by atoms with Crippen molar-refractivity contribution in [3.8, 4) is 18.1 Å². The lowest BCUT2D eigenvalue weighted by Gasteiger charge is -2.45. The summed E-state index contributed by atoms with van der Waals surface area (Å²) in [5.74, 6) is 2.54. The predicted molar refractivity (Wildman–Crippen MR) is 163 cm³/mol. The lowest BCUT2D eigenvalue weighted by atomic mass is 9.89. The Balaban J connectivity index is 2.69. The monoisotopic (exact) mass is 563 g/mol. The smallest absolute Gasteiger partial charge is 0.408 e. The van der Waals surface area contributed by atoms with Crippen molar-refractivity contribution in [2.75, 3.05) is 12.4 Å². The quantitative estimate of drug-likeness (QED) is 0.312. The van der Waals surface area contributed by atoms with Crippen molar-refractivity contribution >= 4 is 23.6 Å². The fourth-order valence-electron chi connectivity index (χ4n) is 4.41. The van der Waals surface area contributed by atoms with Gasteiger partial charge in [-0.15, -0.1) is 6.42 Å². The second kappa shape index (κ2) is 14.1. The molecule has 2 unspecified atom stereocenters. The second-order valence-electron chi connectivity index (χ2n) is 12.1. The number of hydrogen-bond donors (Lipinski definition) is 2. The third-order valence-electron chi connectivity index (χ3n) is 6.73. The molecule has 41 heavy (non-hydrogen) atoms. The van der Waals surface area contributed by atoms with Crippen molar-refractivity contribution < 1.29 is 23.9 Å². The number of amides is 3. The fraction of sp³-hybridized carbons (Fsp3) is 0.485. The molecule has 2 atom stereocenters. The molecule has 0 radical (unpaired) electrons. The van der Waals surface area contributed by atoms with E-state index in [0.29, 0.717) is 35.4 Å². The Morgan fingerprint density at radius 1 is 1.00 bits per heavy atom. The van der Waals surface area contributed by atoms with Gasteiger partial charge in [-0.3, -0.25) is 9.59 Å². The summed E-state index contributed by atoms with van der Waals surface area (Å²) in [5, 5.41) is 5.74. The topological polar surface area (TPSA) is 97.0 Å². The van der Waals surface area contributed by atoms with Gasteiger partial charge in [-0.25, -0.2) is 4.79 Å². The minimum atomic E-state index is -1.10. The molecule has 8 nitrogen and oxygen atoms in total. The number of anilines is 1. The number of methoxy groups -OCH3 is 1. The van der Waals surface area contributed by atoms with Crippen molar-refractivity contribution in [2.45, 2.75) is 91.5 Å². The van der Waals surface area contributed by atoms with Gasteiger partial charge in [0, 0.05) is 16.8 Å². The van der Waals surface area contributed by atoms with Crippen LogP contribution in [0.5, 0.6) is 5.75 Å². The third kappa shape index (κ3) is 9.28. The van der Waals surface area contributed by atoms with Gasteiger partial charge in [0.05, 0.1) is 7.11 Å². The average molecular weight is 564 g/mol. The number of nitrogens with zero attached hydrogens (tertiary/aromatic N) is 1. The maximum absolute atomic E-state index is 14.5. The van der Waals surface area contributed by atoms with E-state index in [1.165, 1.54) is 0 Å². The minimum absolute atomic E-state index is 0.0649. The molecule has 0 heterocycles. The first-order valence-electron chi connectivity index (χ1n) is 14.0. The minimum Gasteiger partial charge on any atom is -0.497 e. The fourth-order valence-corrected chi connectivity index (χ4v) is 4.41. The Morgan fingerprint density at radius 2 is 1.61 bits per heavy atom. The molecule has 0 bridgehead atoms. The van der Waals surface area contributed by atoms with Crippen molar-refractivity contribution in [3.63, 3.8) is 0 Å². The molecule has 222 valence electrons. The zero-order valence-electron chi connectivity index (χ0n) is 25.8. The van der Waals surface area contributed by atoms with E-state index < -0.39 is 41.1 Å². The molecule has 2 rings (SSSR count). The lowest BCUT2D eigenvalue weighted by molar-refractivity contribution is -0.148. The average Bonchev–Trinajstić information content (AvgIpc) is 2.89. The summed E-state index contributed by atoms with van der Waals surface area (Å²) in [5.41, 5.74) is -0.00831. The highest BCUT2D eigenvalue weighted by atomic mass is 16.6. The largest absolute Gasteiger partial charge is 0.497 e. The summed E-state index contributed by atoms with van der Waals surface area (Å²) in [6.07, 6.45) is 6.05. The number of carbonyl (C=O) groups is 3. The zero-order chi connectivity index (χ0) is 31.0. The van der Waals surface area contributed by atoms with E-state index in [0.717, 1.165) is 0 Å². The highest BCUT2D eigenvalue weighted by molar-refractivity contribution is 5.99. The molecule has 0 aromatic heterocycles. The van der Waals surface area contributed by atoms with Crippen LogP contribution in [0.3, 0.4) is 0 Å². The van der Waals surface area contributed by atoms with Crippen LogP contribution in [0.4, 0.5) is 10.5 Å². The molecule has 0 spiro atoms. The molecular weight excluding hydrogens is 518 g/mol. The highest BCUT2D eigenvalue weighted by Gasteiger charge is 2.44. The summed E-state index contributed by atoms with van der Waals surface area (Å²) in [7, 11) is 1.57. The summed E-state index contributed by atoms with van der Waals surface area (Å²) < 4.78 is 10.7. The number of alkyl carbamates (subject to hydrolysis) is 1. The summed E-state index contributed by atoms with van der Waals surface area (Å²) in [4.78, 5) is 43.1. The number of carbonyl (C=O) groups excluding carboxylic acids is 3. The van der Waals surface area contributed by atoms with Crippen LogP contribution in [-0.2, 0) is 14.3 Å². The number of rotatable bonds is 11. The Labute approximate surface area is 245 Å². The van der Waals surface area contributed by atoms with Crippen LogP contribution < -0.4 is 15.4 Å². The summed E-state index contributed by atoms with van der Waals surface area (Å²) >= 11 is 0. The van der Waals surface area contributed by atoms with E-state index in [4.69, 9.17) is 15.9 Å². The first-order chi connectivity index (χ1) is 19.1. The van der Waals surface area contributed by atoms with Crippen LogP contribution in [-0.4, -0.2) is 47.1 Å². The van der Waals surface area contributed by atoms with Gasteiger partial charge in [0.1, 0.15) is 23.4 Å². The molecule has 0 saturated carbocycles. The molecule has 0 aliphatic carbocycles. The van der Waals surface area contributed by atoms with Crippen molar-refractivity contribution in [2.24, 2.45) is 5.92 Å². The molecule has 2 N–H and O–H groups in total. The van der Waals surface area contributed by atoms with Crippen LogP contribution in [0.1, 0.15) is 85.4 Å². The maximum Gasteiger partial charge on any atom is 0.408 e. The number of ether oxygens (including phenoxy) is 2. The van der Waals surface area contributed by atoms with Gasteiger partial charge in [0.2, 0.25) is 5.91 Å². The number of benzene rings is 2. The van der Waals surface area contributed by atoms with Crippen LogP contribution in [0, 0.1) is 18.3 Å². The van der Waals surface area contributed by atoms with E-state index >= 15 is 0 Å². The van der Waals surface area contributed by atoms with Gasteiger partial charge < -0.3 is 25.0 Å². The molecule has 0 aliphatic rings. The van der Waals surface area contributed by atoms with Gasteiger partial charge in [0.25, 0.3) is 5.91 Å². The Kier molecular flexibility index (Phi) is 11.4. The van der Waals surface area contributed by atoms with Gasteiger partial charge >= 0.3 is 6.09 Å². The molecular formula is C33H45N3O5. The van der Waals surface area contributed by atoms with Gasteiger partial charge in [-0.2, -0.15) is 0 Å². The number of nitrogens with one attached hydrogen (secondary N) is 2. The molecule has 0 fully saturated rings. The van der Waals surface area contributed by atoms with Gasteiger partial charge in [0.15, 0.2) is 0 Å². The third-order valence-corrected chi connectivity index (χ3v) is 6.73. The Bertz CT molecular complexity index is 1240. The van der Waals surface area contributed by atoms with Crippen LogP contribution in [0.2, 0.25) is 0 Å². The maximum atomic E-state index is 14.5. The van der Waals surface area contributed by atoms with Gasteiger partial charge in [-0.1, -0.05) is 44.9 Å². The number of terminal acetylenes is 1. The normalized spacial score (nSPS) is 13.0. The van der Waals surface area contributed by atoms with Crippen molar-refractivity contribution in [1.29, 1.82) is 0 Å². The lowest BCUT2D eigenvalue weighted by Crippen LogP contribution is -2.59. The van der Waals surface area contributed by atoms with Crippen LogP contribution >= 0.6 is 0 Å². The highest BCUT2D eigenvalue weighted by Crippen LogP contribution is 2.35. The van der Waals surface area contributed by atoms with Crippen LogP contribution in [0.15, 0.2) is 48.5 Å². The van der Waals surface area contributed by atoms with E-state index in [9.17, 15) is 14.4 Å². The van der Waals surface area contributed by atoms with E-state index in [2.05, 4.69) is 16.6 Å². The molecule has 2 aromatic rings. The first kappa shape index (κ1) is 33.2. The van der Waals surface area contributed by atoms with Gasteiger partial charge in [-0.05, 0) is 89.3 Å². The Morgan fingerprint density at radius 3 is 2.12 bits per heavy atom. The summed E-state index contributed by atoms with van der Waals surface area (Å²) in [6.45, 7) is 15.0. The van der Waals surface area contributed by atoms with E-state index in [1.807, 2.05) is 34.6 Å². The second-order valence-corrected chi connectivity index (χ2v) is 12.1. The Hall–Kier alpha value is -3.99. The number of hydrogen-bond acceptors (Lipinski definition) is 5. The van der Waals surface area contributed by atoms with Crippen molar-refractivity contribution in [3.05, 3.63) is 59.7 Å². The first-order valence-corrected chi connectivity index (χ1v) is 14.0. The molecule has 0 aliphatic heterocycles. The van der Waals surface area contributed by atoms with E-state index in [1.54, 1.807) is 81.3 Å². The molecule has 8 heteroatoms. The zero-order valence-corrected chi connectivity index (χ0v) is 25.8. The SMILES string of the molecule is C#Cc1ccccc1C(C(=O)Nc1ccc(OC)cc1)N(C(=O)C(CC(C)C)NC(=O)OC(C)(C)C)C(C)(C)CC.